The van der Waals surface area contributed by atoms with Crippen molar-refractivity contribution in [1.82, 2.24) is 14.8 Å². The lowest BCUT2D eigenvalue weighted by atomic mass is 9.94. The van der Waals surface area contributed by atoms with Gasteiger partial charge in [-0.2, -0.15) is 4.98 Å². The topological polar surface area (TPSA) is 123 Å². The Kier molecular flexibility index (Phi) is 5.82. The van der Waals surface area contributed by atoms with Crippen molar-refractivity contribution < 1.29 is 23.7 Å². The number of anilines is 1. The minimum Gasteiger partial charge on any atom is -0.497 e. The van der Waals surface area contributed by atoms with E-state index in [1.54, 1.807) is 30.8 Å². The minimum absolute atomic E-state index is 0.346. The third-order valence-corrected chi connectivity index (χ3v) is 5.45. The lowest BCUT2D eigenvalue weighted by Gasteiger charge is -2.28. The normalized spacial score (nSPS) is 14.9. The number of carbonyl (C=O) groups is 1. The summed E-state index contributed by atoms with van der Waals surface area (Å²) in [5.74, 6) is 2.36. The van der Waals surface area contributed by atoms with Crippen LogP contribution in [0.4, 0.5) is 5.95 Å². The fourth-order valence-electron chi connectivity index (χ4n) is 3.92. The van der Waals surface area contributed by atoms with Gasteiger partial charge in [0.2, 0.25) is 17.6 Å². The second kappa shape index (κ2) is 8.73. The average Bonchev–Trinajstić information content (AvgIpc) is 3.25. The third kappa shape index (κ3) is 3.79. The maximum Gasteiger partial charge on any atom is 0.248 e. The Morgan fingerprint density at radius 2 is 1.73 bits per heavy atom. The summed E-state index contributed by atoms with van der Waals surface area (Å²) < 4.78 is 23.4. The highest BCUT2D eigenvalue weighted by atomic mass is 16.5. The van der Waals surface area contributed by atoms with Crippen LogP contribution in [0.5, 0.6) is 23.0 Å². The monoisotopic (exact) mass is 451 g/mol. The Labute approximate surface area is 190 Å². The minimum atomic E-state index is -0.667. The van der Waals surface area contributed by atoms with Crippen LogP contribution >= 0.6 is 0 Å². The number of benzene rings is 2. The molecule has 10 heteroatoms. The van der Waals surface area contributed by atoms with Crippen LogP contribution in [-0.4, -0.2) is 49.1 Å². The smallest absolute Gasteiger partial charge is 0.248 e. The lowest BCUT2D eigenvalue weighted by molar-refractivity contribution is -0.115. The molecule has 1 aliphatic rings. The molecule has 33 heavy (non-hydrogen) atoms. The van der Waals surface area contributed by atoms with Gasteiger partial charge in [0.1, 0.15) is 11.8 Å². The van der Waals surface area contributed by atoms with Crippen LogP contribution in [-0.2, 0) is 4.79 Å². The molecule has 172 valence electrons. The van der Waals surface area contributed by atoms with E-state index in [1.165, 1.54) is 21.3 Å². The first-order valence-electron chi connectivity index (χ1n) is 10.1. The van der Waals surface area contributed by atoms with Crippen LogP contribution in [0.15, 0.2) is 47.7 Å². The van der Waals surface area contributed by atoms with Crippen LogP contribution in [0, 0.1) is 0 Å². The van der Waals surface area contributed by atoms with E-state index >= 15 is 0 Å². The summed E-state index contributed by atoms with van der Waals surface area (Å²) in [6.07, 6.45) is 0. The molecule has 1 unspecified atom stereocenters. The highest BCUT2D eigenvalue weighted by Gasteiger charge is 2.34. The molecule has 0 spiro atoms. The van der Waals surface area contributed by atoms with E-state index in [2.05, 4.69) is 10.3 Å². The summed E-state index contributed by atoms with van der Waals surface area (Å²) >= 11 is 0. The van der Waals surface area contributed by atoms with Crippen molar-refractivity contribution in [2.75, 3.05) is 33.8 Å². The Hall–Kier alpha value is -4.21. The van der Waals surface area contributed by atoms with Gasteiger partial charge in [0.05, 0.1) is 34.0 Å². The molecule has 1 aliphatic heterocycles. The van der Waals surface area contributed by atoms with Gasteiger partial charge in [-0.25, -0.2) is 4.68 Å². The van der Waals surface area contributed by atoms with Crippen LogP contribution in [0.3, 0.4) is 0 Å². The summed E-state index contributed by atoms with van der Waals surface area (Å²) in [5.41, 5.74) is 8.15. The standard InChI is InChI=1S/C23H25N5O5/c1-12-18(21(24)29)19(14-10-16(31-3)20(33-5)17(11-14)32-4)28-23(25-12)26-22(27-28)13-7-6-8-15(9-13)30-2/h6-11,19H,1-5H3,(H2,24,29)(H,25,26,27). The Balaban J connectivity index is 1.92. The molecule has 10 nitrogen and oxygen atoms in total. The summed E-state index contributed by atoms with van der Waals surface area (Å²) in [6.45, 7) is 1.77. The number of hydrogen-bond donors (Lipinski definition) is 2. The van der Waals surface area contributed by atoms with Gasteiger partial charge in [0.25, 0.3) is 0 Å². The maximum atomic E-state index is 12.5. The van der Waals surface area contributed by atoms with Gasteiger partial charge < -0.3 is 30.0 Å². The number of allylic oxidation sites excluding steroid dienone is 1. The van der Waals surface area contributed by atoms with Gasteiger partial charge in [0.15, 0.2) is 17.3 Å². The van der Waals surface area contributed by atoms with Gasteiger partial charge in [0, 0.05) is 11.3 Å². The van der Waals surface area contributed by atoms with Crippen molar-refractivity contribution >= 4 is 11.9 Å². The van der Waals surface area contributed by atoms with Gasteiger partial charge in [-0.05, 0) is 36.8 Å². The van der Waals surface area contributed by atoms with E-state index in [0.717, 1.165) is 5.56 Å². The summed E-state index contributed by atoms with van der Waals surface area (Å²) in [6, 6.07) is 10.3. The molecule has 0 saturated heterocycles. The van der Waals surface area contributed by atoms with Crippen molar-refractivity contribution in [3.8, 4) is 34.4 Å². The Bertz CT molecular complexity index is 1220. The van der Waals surface area contributed by atoms with E-state index < -0.39 is 11.9 Å². The number of amides is 1. The number of nitrogens with zero attached hydrogens (tertiary/aromatic N) is 3. The predicted molar refractivity (Wildman–Crippen MR) is 122 cm³/mol. The van der Waals surface area contributed by atoms with Gasteiger partial charge in [-0.1, -0.05) is 12.1 Å². The average molecular weight is 451 g/mol. The molecule has 0 radical (unpaired) electrons. The van der Waals surface area contributed by atoms with Crippen LogP contribution in [0.2, 0.25) is 0 Å². The second-order valence-electron chi connectivity index (χ2n) is 7.32. The quantitative estimate of drug-likeness (QED) is 0.562. The molecule has 1 aromatic heterocycles. The van der Waals surface area contributed by atoms with E-state index in [9.17, 15) is 4.79 Å². The van der Waals surface area contributed by atoms with E-state index in [1.807, 2.05) is 24.3 Å². The molecule has 1 atom stereocenters. The molecular formula is C23H25N5O5. The molecule has 3 aromatic rings. The molecule has 0 bridgehead atoms. The highest BCUT2D eigenvalue weighted by molar-refractivity contribution is 5.95. The summed E-state index contributed by atoms with van der Waals surface area (Å²) in [7, 11) is 6.18. The lowest BCUT2D eigenvalue weighted by Crippen LogP contribution is -2.31. The number of aromatic nitrogens is 3. The zero-order valence-corrected chi connectivity index (χ0v) is 19.0. The van der Waals surface area contributed by atoms with E-state index in [-0.39, 0.29) is 0 Å². The first-order valence-corrected chi connectivity index (χ1v) is 10.1. The molecule has 2 heterocycles. The number of ether oxygens (including phenoxy) is 4. The first kappa shape index (κ1) is 22.0. The zero-order chi connectivity index (χ0) is 23.7. The number of methoxy groups -OCH3 is 4. The summed E-state index contributed by atoms with van der Waals surface area (Å²) in [5, 5.41) is 7.85. The largest absolute Gasteiger partial charge is 0.497 e. The van der Waals surface area contributed by atoms with Crippen molar-refractivity contribution in [3.05, 3.63) is 53.2 Å². The fraction of sp³-hybridized carbons (Fsp3) is 0.261. The molecule has 2 aromatic carbocycles. The molecule has 0 fully saturated rings. The van der Waals surface area contributed by atoms with E-state index in [4.69, 9.17) is 29.8 Å². The van der Waals surface area contributed by atoms with Crippen LogP contribution in [0.25, 0.3) is 11.4 Å². The molecule has 3 N–H and O–H groups in total. The maximum absolute atomic E-state index is 12.5. The van der Waals surface area contributed by atoms with Gasteiger partial charge in [-0.15, -0.1) is 5.10 Å². The molecule has 4 rings (SSSR count). The third-order valence-electron chi connectivity index (χ3n) is 5.45. The molecular weight excluding hydrogens is 426 g/mol. The van der Waals surface area contributed by atoms with Crippen LogP contribution in [0.1, 0.15) is 18.5 Å². The number of nitrogens with two attached hydrogens (primary N) is 1. The van der Waals surface area contributed by atoms with Gasteiger partial charge in [-0.3, -0.25) is 4.79 Å². The number of nitrogens with one attached hydrogen (secondary N) is 1. The first-order chi connectivity index (χ1) is 15.9. The van der Waals surface area contributed by atoms with E-state index in [0.29, 0.717) is 51.6 Å². The number of carbonyl (C=O) groups excluding carboxylic acids is 1. The predicted octanol–water partition coefficient (Wildman–Crippen LogP) is 2.75. The number of fused-ring (bicyclic) bond motifs is 1. The van der Waals surface area contributed by atoms with Crippen LogP contribution < -0.4 is 30.0 Å². The Morgan fingerprint density at radius 1 is 1.03 bits per heavy atom. The molecule has 0 saturated carbocycles. The highest BCUT2D eigenvalue weighted by Crippen LogP contribution is 2.44. The van der Waals surface area contributed by atoms with Crippen molar-refractivity contribution in [2.24, 2.45) is 5.73 Å². The van der Waals surface area contributed by atoms with Crippen molar-refractivity contribution in [3.63, 3.8) is 0 Å². The Morgan fingerprint density at radius 3 is 2.30 bits per heavy atom. The number of hydrogen-bond acceptors (Lipinski definition) is 8. The number of rotatable bonds is 7. The van der Waals surface area contributed by atoms with Gasteiger partial charge >= 0.3 is 0 Å². The second-order valence-corrected chi connectivity index (χ2v) is 7.32. The SMILES string of the molecule is COc1cccc(-c2nc3n(n2)C(c2cc(OC)c(OC)c(OC)c2)C(C(N)=O)=C(C)N3)c1. The zero-order valence-electron chi connectivity index (χ0n) is 19.0. The number of primary amides is 1. The van der Waals surface area contributed by atoms with Crippen molar-refractivity contribution in [1.29, 1.82) is 0 Å². The fourth-order valence-corrected chi connectivity index (χ4v) is 3.92. The van der Waals surface area contributed by atoms with Crippen molar-refractivity contribution in [2.45, 2.75) is 13.0 Å². The molecule has 1 amide bonds. The summed E-state index contributed by atoms with van der Waals surface area (Å²) in [4.78, 5) is 17.2. The molecule has 0 aliphatic carbocycles.